The predicted molar refractivity (Wildman–Crippen MR) is 128 cm³/mol. The lowest BCUT2D eigenvalue weighted by molar-refractivity contribution is 0.102. The van der Waals surface area contributed by atoms with Crippen molar-refractivity contribution in [1.29, 1.82) is 0 Å². The number of rotatable bonds is 12. The van der Waals surface area contributed by atoms with Crippen molar-refractivity contribution in [3.63, 3.8) is 0 Å². The number of aryl methyl sites for hydroxylation is 1. The van der Waals surface area contributed by atoms with Crippen molar-refractivity contribution in [3.8, 4) is 28.7 Å². The van der Waals surface area contributed by atoms with Gasteiger partial charge < -0.3 is 23.2 Å². The van der Waals surface area contributed by atoms with Crippen LogP contribution in [0.3, 0.4) is 0 Å². The second-order valence-corrected chi connectivity index (χ2v) is 8.14. The van der Waals surface area contributed by atoms with E-state index in [-0.39, 0.29) is 11.5 Å². The topological polar surface area (TPSA) is 88.6 Å². The molecule has 0 aliphatic carbocycles. The zero-order chi connectivity index (χ0) is 24.0. The third kappa shape index (κ3) is 5.52. The molecule has 0 spiro atoms. The Balaban J connectivity index is 1.80. The second kappa shape index (κ2) is 11.3. The van der Waals surface area contributed by atoms with Gasteiger partial charge in [-0.3, -0.25) is 4.79 Å². The smallest absolute Gasteiger partial charge is 0.277 e. The van der Waals surface area contributed by atoms with E-state index in [1.807, 2.05) is 40.7 Å². The Morgan fingerprint density at radius 1 is 0.970 bits per heavy atom. The largest absolute Gasteiger partial charge is 0.490 e. The third-order valence-corrected chi connectivity index (χ3v) is 5.90. The summed E-state index contributed by atoms with van der Waals surface area (Å²) in [5.74, 6) is 2.22. The summed E-state index contributed by atoms with van der Waals surface area (Å²) in [4.78, 5) is 12.8. The quantitative estimate of drug-likeness (QED) is 0.257. The molecule has 0 aliphatic rings. The molecule has 0 radical (unpaired) electrons. The fourth-order valence-electron chi connectivity index (χ4n) is 3.67. The number of carbonyl (C=O) groups is 1. The number of benzene rings is 1. The Kier molecular flexibility index (Phi) is 8.43. The molecule has 8 nitrogen and oxygen atoms in total. The highest BCUT2D eigenvalue weighted by atomic mass is 32.2. The van der Waals surface area contributed by atoms with Crippen molar-refractivity contribution >= 4 is 17.5 Å². The van der Waals surface area contributed by atoms with Gasteiger partial charge in [-0.15, -0.1) is 10.2 Å². The Bertz CT molecular complexity index is 1080. The van der Waals surface area contributed by atoms with Crippen LogP contribution in [-0.4, -0.2) is 46.1 Å². The molecule has 1 aromatic carbocycles. The predicted octanol–water partition coefficient (Wildman–Crippen LogP) is 5.35. The number of ether oxygens (including phenoxy) is 3. The third-order valence-electron chi connectivity index (χ3n) is 5.08. The van der Waals surface area contributed by atoms with Crippen LogP contribution in [0.1, 0.15) is 49.4 Å². The van der Waals surface area contributed by atoms with Crippen molar-refractivity contribution < 1.29 is 23.4 Å². The Morgan fingerprint density at radius 3 is 2.15 bits per heavy atom. The molecule has 0 saturated carbocycles. The van der Waals surface area contributed by atoms with E-state index in [0.29, 0.717) is 53.7 Å². The number of hydrogen-bond acceptors (Lipinski definition) is 8. The molecular weight excluding hydrogens is 442 g/mol. The number of hydrogen-bond donors (Lipinski definition) is 0. The average Bonchev–Trinajstić information content (AvgIpc) is 3.38. The van der Waals surface area contributed by atoms with Crippen molar-refractivity contribution in [2.75, 3.05) is 25.6 Å². The number of aromatic nitrogens is 3. The molecule has 0 bridgehead atoms. The second-order valence-electron chi connectivity index (χ2n) is 7.21. The van der Waals surface area contributed by atoms with Gasteiger partial charge in [-0.25, -0.2) is 0 Å². The molecule has 0 unspecified atom stereocenters. The first kappa shape index (κ1) is 24.7. The Hall–Kier alpha value is -2.94. The van der Waals surface area contributed by atoms with Gasteiger partial charge in [0.15, 0.2) is 17.3 Å². The van der Waals surface area contributed by atoms with Crippen LogP contribution in [0.15, 0.2) is 27.8 Å². The van der Waals surface area contributed by atoms with E-state index in [1.165, 1.54) is 11.8 Å². The zero-order valence-corrected chi connectivity index (χ0v) is 20.9. The van der Waals surface area contributed by atoms with Crippen molar-refractivity contribution in [3.05, 3.63) is 35.2 Å². The minimum Gasteiger partial charge on any atom is -0.490 e. The monoisotopic (exact) mass is 473 g/mol. The zero-order valence-electron chi connectivity index (χ0n) is 20.1. The van der Waals surface area contributed by atoms with Gasteiger partial charge in [-0.2, -0.15) is 0 Å². The highest BCUT2D eigenvalue weighted by Crippen LogP contribution is 2.42. The highest BCUT2D eigenvalue weighted by molar-refractivity contribution is 7.99. The molecule has 0 amide bonds. The van der Waals surface area contributed by atoms with Crippen LogP contribution in [0.4, 0.5) is 0 Å². The number of Topliss-reactive ketones (excluding diaryl/α,β-unsaturated/α-hetero) is 1. The van der Waals surface area contributed by atoms with Crippen LogP contribution in [0.25, 0.3) is 11.5 Å². The molecule has 33 heavy (non-hydrogen) atoms. The lowest BCUT2D eigenvalue weighted by Crippen LogP contribution is -2.05. The maximum Gasteiger partial charge on any atom is 0.277 e. The van der Waals surface area contributed by atoms with Crippen LogP contribution in [0.2, 0.25) is 0 Å². The van der Waals surface area contributed by atoms with Gasteiger partial charge in [0.2, 0.25) is 11.6 Å². The van der Waals surface area contributed by atoms with Crippen LogP contribution in [0, 0.1) is 13.8 Å². The molecule has 0 saturated heterocycles. The number of thioether (sulfide) groups is 1. The first-order valence-corrected chi connectivity index (χ1v) is 12.1. The molecule has 3 aromatic rings. The Morgan fingerprint density at radius 2 is 1.61 bits per heavy atom. The molecule has 178 valence electrons. The van der Waals surface area contributed by atoms with Gasteiger partial charge in [-0.1, -0.05) is 11.8 Å². The lowest BCUT2D eigenvalue weighted by atomic mass is 10.2. The molecular formula is C24H31N3O5S. The van der Waals surface area contributed by atoms with Crippen LogP contribution in [0.5, 0.6) is 17.2 Å². The van der Waals surface area contributed by atoms with E-state index >= 15 is 0 Å². The van der Waals surface area contributed by atoms with Crippen molar-refractivity contribution in [2.24, 2.45) is 0 Å². The maximum absolute atomic E-state index is 12.8. The van der Waals surface area contributed by atoms with Crippen LogP contribution < -0.4 is 14.2 Å². The van der Waals surface area contributed by atoms with Crippen molar-refractivity contribution in [1.82, 2.24) is 14.8 Å². The van der Waals surface area contributed by atoms with E-state index in [2.05, 4.69) is 21.7 Å². The SMILES string of the molecule is CCOc1cc(-c2nnc(SCC(=O)c3cc(C)n(CC)c3C)o2)cc(OCC)c1OCC. The molecule has 9 heteroatoms. The summed E-state index contributed by atoms with van der Waals surface area (Å²) >= 11 is 1.22. The molecule has 0 fully saturated rings. The molecule has 2 heterocycles. The summed E-state index contributed by atoms with van der Waals surface area (Å²) in [6.45, 7) is 14.0. The summed E-state index contributed by atoms with van der Waals surface area (Å²) in [6.07, 6.45) is 0. The highest BCUT2D eigenvalue weighted by Gasteiger charge is 2.20. The van der Waals surface area contributed by atoms with Gasteiger partial charge in [0, 0.05) is 29.1 Å². The minimum atomic E-state index is 0.0332. The van der Waals surface area contributed by atoms with Crippen LogP contribution in [-0.2, 0) is 6.54 Å². The standard InChI is InChI=1S/C24H31N3O5S/c1-7-27-15(5)11-18(16(27)6)19(28)14-33-24-26-25-23(32-24)17-12-20(29-8-2)22(31-10-4)21(13-17)30-9-3/h11-13H,7-10,14H2,1-6H3. The first-order valence-electron chi connectivity index (χ1n) is 11.2. The lowest BCUT2D eigenvalue weighted by Gasteiger charge is -2.16. The molecule has 0 N–H and O–H groups in total. The Labute approximate surface area is 198 Å². The molecule has 0 aliphatic heterocycles. The van der Waals surface area contributed by atoms with E-state index in [4.69, 9.17) is 18.6 Å². The first-order chi connectivity index (χ1) is 15.9. The summed E-state index contributed by atoms with van der Waals surface area (Å²) in [6, 6.07) is 5.53. The van der Waals surface area contributed by atoms with Gasteiger partial charge >= 0.3 is 0 Å². The van der Waals surface area contributed by atoms with Gasteiger partial charge in [0.05, 0.1) is 25.6 Å². The van der Waals surface area contributed by atoms with E-state index in [1.54, 1.807) is 12.1 Å². The summed E-state index contributed by atoms with van der Waals surface area (Å²) in [5, 5.41) is 8.59. The molecule has 3 rings (SSSR count). The van der Waals surface area contributed by atoms with E-state index in [9.17, 15) is 4.79 Å². The minimum absolute atomic E-state index is 0.0332. The van der Waals surface area contributed by atoms with Crippen molar-refractivity contribution in [2.45, 2.75) is 53.3 Å². The average molecular weight is 474 g/mol. The van der Waals surface area contributed by atoms with E-state index in [0.717, 1.165) is 23.5 Å². The fraction of sp³-hybridized carbons (Fsp3) is 0.458. The number of carbonyl (C=O) groups excluding carboxylic acids is 1. The summed E-state index contributed by atoms with van der Waals surface area (Å²) < 4.78 is 25.2. The summed E-state index contributed by atoms with van der Waals surface area (Å²) in [7, 11) is 0. The molecule has 0 atom stereocenters. The van der Waals surface area contributed by atoms with E-state index < -0.39 is 0 Å². The fourth-order valence-corrected chi connectivity index (χ4v) is 4.32. The van der Waals surface area contributed by atoms with Crippen LogP contribution >= 0.6 is 11.8 Å². The van der Waals surface area contributed by atoms with Gasteiger partial charge in [0.1, 0.15) is 0 Å². The normalized spacial score (nSPS) is 11.0. The van der Waals surface area contributed by atoms with Gasteiger partial charge in [0.25, 0.3) is 5.22 Å². The summed E-state index contributed by atoms with van der Waals surface area (Å²) in [5.41, 5.74) is 3.44. The number of nitrogens with zero attached hydrogens (tertiary/aromatic N) is 3. The number of ketones is 1. The van der Waals surface area contributed by atoms with Gasteiger partial charge in [-0.05, 0) is 59.7 Å². The molecule has 2 aromatic heterocycles. The maximum atomic E-state index is 12.8.